The van der Waals surface area contributed by atoms with E-state index in [4.69, 9.17) is 4.74 Å². The Morgan fingerprint density at radius 3 is 2.34 bits per heavy atom. The van der Waals surface area contributed by atoms with Crippen LogP contribution in [0, 0.1) is 0 Å². The number of hydrogen-bond acceptors (Lipinski definition) is 1. The van der Waals surface area contributed by atoms with Crippen LogP contribution in [-0.4, -0.2) is 4.57 Å². The first-order valence-electron chi connectivity index (χ1n) is 15.1. The maximum atomic E-state index is 6.95. The van der Waals surface area contributed by atoms with Crippen molar-refractivity contribution >= 4 is 11.0 Å². The number of rotatable bonds is 0. The SMILES string of the molecule is CC1(C)CCC(C)(C)c2c1cc1c3c2C2(c4ccccc4-c4cccc[n+]42)c2n(C(C)(C)C)c4cccc(c4[n+]2-3)O1. The number of para-hydroxylation sites is 1. The van der Waals surface area contributed by atoms with Gasteiger partial charge in [0.2, 0.25) is 11.2 Å². The van der Waals surface area contributed by atoms with E-state index in [0.717, 1.165) is 24.3 Å². The van der Waals surface area contributed by atoms with Gasteiger partial charge in [0, 0.05) is 12.1 Å². The summed E-state index contributed by atoms with van der Waals surface area (Å²) in [7, 11) is 0. The number of hydrogen-bond donors (Lipinski definition) is 0. The molecule has 3 aromatic carbocycles. The van der Waals surface area contributed by atoms with Crippen molar-refractivity contribution in [2.75, 3.05) is 0 Å². The van der Waals surface area contributed by atoms with E-state index in [0.29, 0.717) is 0 Å². The Kier molecular flexibility index (Phi) is 4.01. The Labute approximate surface area is 241 Å². The van der Waals surface area contributed by atoms with E-state index in [-0.39, 0.29) is 16.4 Å². The molecule has 0 bridgehead atoms. The Bertz CT molecular complexity index is 1970. The van der Waals surface area contributed by atoms with Crippen molar-refractivity contribution in [2.24, 2.45) is 0 Å². The number of fused-ring (bicyclic) bond motifs is 9. The van der Waals surface area contributed by atoms with E-state index in [1.54, 1.807) is 0 Å². The average Bonchev–Trinajstić information content (AvgIpc) is 3.54. The molecular formula is C37H37N3O+2. The highest BCUT2D eigenvalue weighted by Gasteiger charge is 2.71. The van der Waals surface area contributed by atoms with Crippen LogP contribution >= 0.6 is 0 Å². The van der Waals surface area contributed by atoms with Crippen molar-refractivity contribution in [1.82, 2.24) is 4.57 Å². The molecule has 4 aliphatic rings. The molecule has 0 amide bonds. The molecule has 204 valence electrons. The molecule has 5 heterocycles. The molecule has 9 rings (SSSR count). The molecule has 0 N–H and O–H groups in total. The summed E-state index contributed by atoms with van der Waals surface area (Å²) >= 11 is 0. The molecule has 0 saturated heterocycles. The van der Waals surface area contributed by atoms with E-state index in [1.165, 1.54) is 56.1 Å². The van der Waals surface area contributed by atoms with Gasteiger partial charge in [-0.05, 0) is 85.9 Å². The summed E-state index contributed by atoms with van der Waals surface area (Å²) in [6, 6.07) is 24.8. The Hall–Kier alpha value is -3.92. The Morgan fingerprint density at radius 2 is 1.54 bits per heavy atom. The van der Waals surface area contributed by atoms with Crippen molar-refractivity contribution < 1.29 is 13.9 Å². The minimum atomic E-state index is -0.537. The van der Waals surface area contributed by atoms with Gasteiger partial charge >= 0.3 is 11.4 Å². The molecular weight excluding hydrogens is 502 g/mol. The molecule has 0 radical (unpaired) electrons. The van der Waals surface area contributed by atoms with Crippen LogP contribution in [0.2, 0.25) is 0 Å². The lowest BCUT2D eigenvalue weighted by atomic mass is 9.60. The molecule has 3 aliphatic heterocycles. The number of pyridine rings is 1. The van der Waals surface area contributed by atoms with Crippen molar-refractivity contribution in [1.29, 1.82) is 0 Å². The van der Waals surface area contributed by atoms with Crippen LogP contribution in [0.25, 0.3) is 28.0 Å². The fourth-order valence-electron chi connectivity index (χ4n) is 8.78. The smallest absolute Gasteiger partial charge is 0.347 e. The Morgan fingerprint density at radius 1 is 0.780 bits per heavy atom. The van der Waals surface area contributed by atoms with Gasteiger partial charge < -0.3 is 4.74 Å². The zero-order chi connectivity index (χ0) is 28.3. The van der Waals surface area contributed by atoms with Crippen LogP contribution < -0.4 is 13.9 Å². The maximum absolute atomic E-state index is 6.95. The van der Waals surface area contributed by atoms with E-state index in [1.807, 2.05) is 0 Å². The molecule has 1 aliphatic carbocycles. The van der Waals surface area contributed by atoms with Crippen molar-refractivity contribution in [3.05, 3.63) is 101 Å². The number of nitrogens with zero attached hydrogens (tertiary/aromatic N) is 3. The van der Waals surface area contributed by atoms with Gasteiger partial charge in [0.05, 0.1) is 16.7 Å². The highest BCUT2D eigenvalue weighted by Crippen LogP contribution is 2.61. The highest BCUT2D eigenvalue weighted by atomic mass is 16.5. The lowest BCUT2D eigenvalue weighted by molar-refractivity contribution is -0.734. The number of imidazole rings is 1. The van der Waals surface area contributed by atoms with Gasteiger partial charge in [-0.3, -0.25) is 0 Å². The number of benzene rings is 3. The van der Waals surface area contributed by atoms with Gasteiger partial charge in [0.25, 0.3) is 0 Å². The first-order valence-corrected chi connectivity index (χ1v) is 15.1. The predicted octanol–water partition coefficient (Wildman–Crippen LogP) is 7.55. The van der Waals surface area contributed by atoms with E-state index >= 15 is 0 Å². The fourth-order valence-corrected chi connectivity index (χ4v) is 8.78. The molecule has 4 nitrogen and oxygen atoms in total. The third kappa shape index (κ3) is 2.52. The second kappa shape index (κ2) is 6.92. The van der Waals surface area contributed by atoms with Crippen molar-refractivity contribution in [3.8, 4) is 28.4 Å². The molecule has 41 heavy (non-hydrogen) atoms. The monoisotopic (exact) mass is 539 g/mol. The second-order valence-electron chi connectivity index (χ2n) is 14.9. The van der Waals surface area contributed by atoms with Crippen molar-refractivity contribution in [2.45, 2.75) is 83.2 Å². The number of ether oxygens (including phenoxy) is 1. The first-order chi connectivity index (χ1) is 19.5. The summed E-state index contributed by atoms with van der Waals surface area (Å²) in [5.41, 5.74) is 11.3. The molecule has 0 fully saturated rings. The van der Waals surface area contributed by atoms with Gasteiger partial charge in [0.15, 0.2) is 28.9 Å². The standard InChI is InChI=1S/C37H37N3O/c1-34(2,3)40-26-16-12-17-27-31(26)39-32-28(41-27)21-24-29(36(6,7)19-18-35(24,4)5)30(32)37(33(39)40)23-14-9-8-13-22(23)25-15-10-11-20-38(25)37/h8-17,20-21H,18-19H2,1-7H3/q+2. The second-order valence-corrected chi connectivity index (χ2v) is 14.9. The third-order valence-electron chi connectivity index (χ3n) is 10.5. The highest BCUT2D eigenvalue weighted by molar-refractivity contribution is 5.86. The van der Waals surface area contributed by atoms with E-state index < -0.39 is 5.54 Å². The van der Waals surface area contributed by atoms with Gasteiger partial charge in [-0.15, -0.1) is 0 Å². The largest absolute Gasteiger partial charge is 0.448 e. The minimum Gasteiger partial charge on any atom is -0.448 e. The molecule has 1 unspecified atom stereocenters. The lowest BCUT2D eigenvalue weighted by Crippen LogP contribution is -2.59. The molecule has 1 atom stereocenters. The zero-order valence-corrected chi connectivity index (χ0v) is 25.1. The third-order valence-corrected chi connectivity index (χ3v) is 10.5. The topological polar surface area (TPSA) is 21.9 Å². The van der Waals surface area contributed by atoms with Crippen molar-refractivity contribution in [3.63, 3.8) is 0 Å². The van der Waals surface area contributed by atoms with Crippen LogP contribution in [0.5, 0.6) is 11.5 Å². The Balaban J connectivity index is 1.63. The summed E-state index contributed by atoms with van der Waals surface area (Å²) in [5, 5.41) is 0. The summed E-state index contributed by atoms with van der Waals surface area (Å²) < 4.78 is 14.7. The zero-order valence-electron chi connectivity index (χ0n) is 25.1. The van der Waals surface area contributed by atoms with E-state index in [9.17, 15) is 0 Å². The summed E-state index contributed by atoms with van der Waals surface area (Å²) in [6.45, 7) is 16.8. The van der Waals surface area contributed by atoms with Gasteiger partial charge in [-0.2, -0.15) is 9.13 Å². The fraction of sp³-hybridized carbons (Fsp3) is 0.351. The molecule has 0 saturated carbocycles. The first kappa shape index (κ1) is 23.8. The van der Waals surface area contributed by atoms with Crippen LogP contribution in [0.15, 0.2) is 72.9 Å². The van der Waals surface area contributed by atoms with Crippen LogP contribution in [0.4, 0.5) is 0 Å². The molecule has 5 aromatic rings. The predicted molar refractivity (Wildman–Crippen MR) is 161 cm³/mol. The van der Waals surface area contributed by atoms with Crippen LogP contribution in [-0.2, 0) is 21.9 Å². The van der Waals surface area contributed by atoms with Crippen LogP contribution in [0.3, 0.4) is 0 Å². The van der Waals surface area contributed by atoms with Crippen LogP contribution in [0.1, 0.15) is 89.4 Å². The average molecular weight is 540 g/mol. The normalized spacial score (nSPS) is 21.5. The minimum absolute atomic E-state index is 0.0158. The van der Waals surface area contributed by atoms with E-state index in [2.05, 4.69) is 135 Å². The summed E-state index contributed by atoms with van der Waals surface area (Å²) in [6.07, 6.45) is 4.64. The molecule has 2 aromatic heterocycles. The van der Waals surface area contributed by atoms with Gasteiger partial charge in [-0.25, -0.2) is 4.57 Å². The number of aromatic nitrogens is 3. The molecule has 4 heteroatoms. The lowest BCUT2D eigenvalue weighted by Gasteiger charge is -2.44. The van der Waals surface area contributed by atoms with Gasteiger partial charge in [0.1, 0.15) is 5.54 Å². The maximum Gasteiger partial charge on any atom is 0.347 e. The molecule has 1 spiro atoms. The summed E-state index contributed by atoms with van der Waals surface area (Å²) in [4.78, 5) is 0. The summed E-state index contributed by atoms with van der Waals surface area (Å²) in [5.74, 6) is 3.24. The van der Waals surface area contributed by atoms with Gasteiger partial charge in [-0.1, -0.05) is 52.0 Å². The quantitative estimate of drug-likeness (QED) is 0.182.